The molecule has 1 heterocycles. The smallest absolute Gasteiger partial charge is 0.253 e. The molecule has 162 valence electrons. The molecule has 0 radical (unpaired) electrons. The van der Waals surface area contributed by atoms with Gasteiger partial charge in [0.15, 0.2) is 0 Å². The maximum absolute atomic E-state index is 13.0. The molecule has 2 N–H and O–H groups in total. The quantitative estimate of drug-likeness (QED) is 0.776. The maximum Gasteiger partial charge on any atom is 0.253 e. The van der Waals surface area contributed by atoms with Crippen molar-refractivity contribution in [2.24, 2.45) is 5.92 Å². The summed E-state index contributed by atoms with van der Waals surface area (Å²) in [7, 11) is 0. The molecule has 6 heteroatoms. The van der Waals surface area contributed by atoms with Gasteiger partial charge in [-0.05, 0) is 69.9 Å². The Hall–Kier alpha value is -3.15. The van der Waals surface area contributed by atoms with Crippen molar-refractivity contribution in [3.8, 4) is 0 Å². The van der Waals surface area contributed by atoms with Crippen LogP contribution >= 0.6 is 0 Å². The zero-order valence-corrected chi connectivity index (χ0v) is 18.1. The first-order valence-corrected chi connectivity index (χ1v) is 11.0. The Labute approximate surface area is 183 Å². The third-order valence-electron chi connectivity index (χ3n) is 5.85. The van der Waals surface area contributed by atoms with Crippen molar-refractivity contribution >= 4 is 23.4 Å². The van der Waals surface area contributed by atoms with E-state index in [4.69, 9.17) is 0 Å². The second kappa shape index (κ2) is 8.92. The van der Waals surface area contributed by atoms with Crippen molar-refractivity contribution < 1.29 is 14.4 Å². The molecule has 2 aromatic carbocycles. The molecule has 1 atom stereocenters. The third kappa shape index (κ3) is 5.32. The van der Waals surface area contributed by atoms with Crippen LogP contribution in [0.4, 0.5) is 5.69 Å². The van der Waals surface area contributed by atoms with Crippen molar-refractivity contribution in [3.63, 3.8) is 0 Å². The zero-order valence-electron chi connectivity index (χ0n) is 18.1. The first kappa shape index (κ1) is 21.1. The molecule has 31 heavy (non-hydrogen) atoms. The van der Waals surface area contributed by atoms with Gasteiger partial charge >= 0.3 is 0 Å². The van der Waals surface area contributed by atoms with Crippen LogP contribution < -0.4 is 10.6 Å². The predicted octanol–water partition coefficient (Wildman–Crippen LogP) is 3.69. The SMILES string of the molecule is Cc1cc(C)cc(C(=O)N2CCCC(C(=O)Nc3cccc(C(=O)NC4CC4)c3)C2)c1. The van der Waals surface area contributed by atoms with Crippen LogP contribution in [-0.2, 0) is 4.79 Å². The van der Waals surface area contributed by atoms with Crippen molar-refractivity contribution in [2.75, 3.05) is 18.4 Å². The van der Waals surface area contributed by atoms with Crippen LogP contribution in [0.5, 0.6) is 0 Å². The zero-order chi connectivity index (χ0) is 22.0. The van der Waals surface area contributed by atoms with E-state index in [0.717, 1.165) is 36.8 Å². The van der Waals surface area contributed by atoms with E-state index in [0.29, 0.717) is 29.9 Å². The lowest BCUT2D eigenvalue weighted by atomic mass is 9.96. The summed E-state index contributed by atoms with van der Waals surface area (Å²) in [5, 5.41) is 5.90. The highest BCUT2D eigenvalue weighted by Gasteiger charge is 2.29. The third-order valence-corrected chi connectivity index (χ3v) is 5.85. The number of carbonyl (C=O) groups is 3. The number of likely N-dealkylation sites (tertiary alicyclic amines) is 1. The van der Waals surface area contributed by atoms with Crippen LogP contribution in [0, 0.1) is 19.8 Å². The highest BCUT2D eigenvalue weighted by Crippen LogP contribution is 2.23. The number of nitrogens with one attached hydrogen (secondary N) is 2. The summed E-state index contributed by atoms with van der Waals surface area (Å²) in [4.78, 5) is 39.9. The van der Waals surface area contributed by atoms with Gasteiger partial charge in [-0.1, -0.05) is 23.3 Å². The molecule has 0 aromatic heterocycles. The topological polar surface area (TPSA) is 78.5 Å². The van der Waals surface area contributed by atoms with Crippen LogP contribution in [0.25, 0.3) is 0 Å². The second-order valence-electron chi connectivity index (χ2n) is 8.78. The summed E-state index contributed by atoms with van der Waals surface area (Å²) in [5.74, 6) is -0.519. The fourth-order valence-electron chi connectivity index (χ4n) is 4.14. The molecule has 2 aromatic rings. The Balaban J connectivity index is 1.39. The standard InChI is InChI=1S/C25H29N3O3/c1-16-11-17(2)13-20(12-16)25(31)28-10-4-6-19(15-28)24(30)27-22-7-3-5-18(14-22)23(29)26-21-8-9-21/h3,5,7,11-14,19,21H,4,6,8-10,15H2,1-2H3,(H,26,29)(H,27,30). The van der Waals surface area contributed by atoms with Gasteiger partial charge in [0, 0.05) is 35.9 Å². The van der Waals surface area contributed by atoms with Crippen molar-refractivity contribution in [2.45, 2.75) is 45.6 Å². The normalized spacial score (nSPS) is 18.4. The minimum absolute atomic E-state index is 0.0250. The second-order valence-corrected chi connectivity index (χ2v) is 8.78. The van der Waals surface area contributed by atoms with Crippen LogP contribution in [-0.4, -0.2) is 41.8 Å². The number of carbonyl (C=O) groups excluding carboxylic acids is 3. The van der Waals surface area contributed by atoms with Gasteiger partial charge in [-0.3, -0.25) is 14.4 Å². The van der Waals surface area contributed by atoms with Crippen LogP contribution in [0.2, 0.25) is 0 Å². The van der Waals surface area contributed by atoms with E-state index in [1.54, 1.807) is 29.2 Å². The monoisotopic (exact) mass is 419 g/mol. The molecule has 1 saturated heterocycles. The van der Waals surface area contributed by atoms with E-state index in [2.05, 4.69) is 10.6 Å². The first-order chi connectivity index (χ1) is 14.9. The van der Waals surface area contributed by atoms with Gasteiger partial charge in [0.25, 0.3) is 11.8 Å². The van der Waals surface area contributed by atoms with E-state index in [9.17, 15) is 14.4 Å². The number of hydrogen-bond acceptors (Lipinski definition) is 3. The number of nitrogens with zero attached hydrogens (tertiary/aromatic N) is 1. The number of aryl methyl sites for hydroxylation is 2. The summed E-state index contributed by atoms with van der Waals surface area (Å²) in [6.45, 7) is 5.02. The molecule has 2 fully saturated rings. The van der Waals surface area contributed by atoms with Crippen molar-refractivity contribution in [3.05, 3.63) is 64.7 Å². The molecule has 1 aliphatic heterocycles. The van der Waals surface area contributed by atoms with Gasteiger partial charge in [-0.25, -0.2) is 0 Å². The fraction of sp³-hybridized carbons (Fsp3) is 0.400. The van der Waals surface area contributed by atoms with Crippen LogP contribution in [0.15, 0.2) is 42.5 Å². The highest BCUT2D eigenvalue weighted by atomic mass is 16.2. The van der Waals surface area contributed by atoms with Gasteiger partial charge < -0.3 is 15.5 Å². The van der Waals surface area contributed by atoms with Gasteiger partial charge in [-0.15, -0.1) is 0 Å². The number of hydrogen-bond donors (Lipinski definition) is 2. The average molecular weight is 420 g/mol. The predicted molar refractivity (Wildman–Crippen MR) is 120 cm³/mol. The van der Waals surface area contributed by atoms with Crippen molar-refractivity contribution in [1.29, 1.82) is 0 Å². The van der Waals surface area contributed by atoms with Gasteiger partial charge in [0.05, 0.1) is 5.92 Å². The van der Waals surface area contributed by atoms with Gasteiger partial charge in [0.2, 0.25) is 5.91 Å². The lowest BCUT2D eigenvalue weighted by Gasteiger charge is -2.32. The number of amides is 3. The molecule has 1 aliphatic carbocycles. The first-order valence-electron chi connectivity index (χ1n) is 11.0. The molecule has 1 unspecified atom stereocenters. The van der Waals surface area contributed by atoms with E-state index in [-0.39, 0.29) is 29.7 Å². The summed E-state index contributed by atoms with van der Waals surface area (Å²) < 4.78 is 0. The molecule has 0 spiro atoms. The summed E-state index contributed by atoms with van der Waals surface area (Å²) in [6, 6.07) is 13.1. The number of anilines is 1. The number of benzene rings is 2. The van der Waals surface area contributed by atoms with E-state index < -0.39 is 0 Å². The summed E-state index contributed by atoms with van der Waals surface area (Å²) in [5.41, 5.74) is 3.93. The molecule has 0 bridgehead atoms. The lowest BCUT2D eigenvalue weighted by Crippen LogP contribution is -2.43. The maximum atomic E-state index is 13.0. The summed E-state index contributed by atoms with van der Waals surface area (Å²) >= 11 is 0. The Morgan fingerprint density at radius 1 is 0.935 bits per heavy atom. The fourth-order valence-corrected chi connectivity index (χ4v) is 4.14. The van der Waals surface area contributed by atoms with E-state index in [1.807, 2.05) is 32.0 Å². The summed E-state index contributed by atoms with van der Waals surface area (Å²) in [6.07, 6.45) is 3.59. The Morgan fingerprint density at radius 3 is 2.39 bits per heavy atom. The minimum Gasteiger partial charge on any atom is -0.349 e. The molecule has 6 nitrogen and oxygen atoms in total. The highest BCUT2D eigenvalue weighted by molar-refractivity contribution is 5.99. The lowest BCUT2D eigenvalue weighted by molar-refractivity contribution is -0.121. The van der Waals surface area contributed by atoms with Gasteiger partial charge in [-0.2, -0.15) is 0 Å². The van der Waals surface area contributed by atoms with Crippen molar-refractivity contribution in [1.82, 2.24) is 10.2 Å². The Kier molecular flexibility index (Phi) is 6.07. The molecular formula is C25H29N3O3. The Bertz CT molecular complexity index is 993. The molecule has 1 saturated carbocycles. The van der Waals surface area contributed by atoms with Crippen LogP contribution in [0.1, 0.15) is 57.5 Å². The van der Waals surface area contributed by atoms with Crippen LogP contribution in [0.3, 0.4) is 0 Å². The number of piperidine rings is 1. The van der Waals surface area contributed by atoms with Gasteiger partial charge in [0.1, 0.15) is 0 Å². The molecule has 3 amide bonds. The average Bonchev–Trinajstić information content (AvgIpc) is 3.57. The van der Waals surface area contributed by atoms with E-state index >= 15 is 0 Å². The molecule has 4 rings (SSSR count). The van der Waals surface area contributed by atoms with E-state index in [1.165, 1.54) is 0 Å². The largest absolute Gasteiger partial charge is 0.349 e. The molecular weight excluding hydrogens is 390 g/mol. The minimum atomic E-state index is -0.271. The Morgan fingerprint density at radius 2 is 1.68 bits per heavy atom. The number of rotatable bonds is 5. The molecule has 2 aliphatic rings.